The number of benzene rings is 1. The lowest BCUT2D eigenvalue weighted by Gasteiger charge is -2.02. The Balaban J connectivity index is 2.54. The number of hydrogen-bond acceptors (Lipinski definition) is 1. The van der Waals surface area contributed by atoms with Gasteiger partial charge in [-0.3, -0.25) is 0 Å². The molecule has 0 saturated heterocycles. The Morgan fingerprint density at radius 2 is 1.84 bits per heavy atom. The summed E-state index contributed by atoms with van der Waals surface area (Å²) in [6.07, 6.45) is 8.76. The van der Waals surface area contributed by atoms with Crippen LogP contribution in [0.15, 0.2) is 55.1 Å². The number of rotatable bonds is 7. The molecule has 1 aromatic carbocycles. The number of nitriles is 1. The molecule has 1 aromatic rings. The van der Waals surface area contributed by atoms with Crippen LogP contribution in [0.25, 0.3) is 5.57 Å². The monoisotopic (exact) mass is 251 g/mol. The number of nitrogens with zero attached hydrogens (tertiary/aromatic N) is 1. The molecule has 0 atom stereocenters. The molecule has 0 unspecified atom stereocenters. The molecule has 0 radical (unpaired) electrons. The van der Waals surface area contributed by atoms with Gasteiger partial charge in [0.1, 0.15) is 0 Å². The molecule has 0 heterocycles. The largest absolute Gasteiger partial charge is 0.192 e. The lowest BCUT2D eigenvalue weighted by Crippen LogP contribution is -1.82. The third-order valence-corrected chi connectivity index (χ3v) is 3.01. The van der Waals surface area contributed by atoms with Crippen LogP contribution in [0.5, 0.6) is 0 Å². The van der Waals surface area contributed by atoms with Crippen LogP contribution >= 0.6 is 0 Å². The van der Waals surface area contributed by atoms with E-state index in [1.807, 2.05) is 36.4 Å². The second kappa shape index (κ2) is 8.11. The van der Waals surface area contributed by atoms with E-state index in [1.165, 1.54) is 19.3 Å². The summed E-state index contributed by atoms with van der Waals surface area (Å²) in [7, 11) is 0. The van der Waals surface area contributed by atoms with Gasteiger partial charge in [0, 0.05) is 0 Å². The summed E-state index contributed by atoms with van der Waals surface area (Å²) in [5, 5.41) is 8.75. The molecule has 0 bridgehead atoms. The van der Waals surface area contributed by atoms with Gasteiger partial charge in [-0.2, -0.15) is 5.26 Å². The molecule has 0 amide bonds. The second-order valence-electron chi connectivity index (χ2n) is 4.66. The highest BCUT2D eigenvalue weighted by atomic mass is 14.2. The van der Waals surface area contributed by atoms with Gasteiger partial charge in [0.05, 0.1) is 11.6 Å². The Morgan fingerprint density at radius 1 is 1.16 bits per heavy atom. The van der Waals surface area contributed by atoms with Crippen LogP contribution in [0.1, 0.15) is 43.7 Å². The van der Waals surface area contributed by atoms with E-state index in [9.17, 15) is 0 Å². The van der Waals surface area contributed by atoms with Gasteiger partial charge in [-0.1, -0.05) is 62.8 Å². The van der Waals surface area contributed by atoms with Crippen molar-refractivity contribution in [3.63, 3.8) is 0 Å². The molecular weight excluding hydrogens is 230 g/mol. The summed E-state index contributed by atoms with van der Waals surface area (Å²) >= 11 is 0. The van der Waals surface area contributed by atoms with Crippen molar-refractivity contribution in [3.8, 4) is 6.07 Å². The van der Waals surface area contributed by atoms with E-state index in [-0.39, 0.29) is 0 Å². The first-order chi connectivity index (χ1) is 9.17. The number of hydrogen-bond donors (Lipinski definition) is 0. The lowest BCUT2D eigenvalue weighted by atomic mass is 10.0. The predicted octanol–water partition coefficient (Wildman–Crippen LogP) is 5.26. The molecule has 0 aliphatic rings. The van der Waals surface area contributed by atoms with E-state index in [4.69, 9.17) is 5.26 Å². The summed E-state index contributed by atoms with van der Waals surface area (Å²) in [6.45, 7) is 10.3. The summed E-state index contributed by atoms with van der Waals surface area (Å²) < 4.78 is 0. The quantitative estimate of drug-likeness (QED) is 0.478. The minimum absolute atomic E-state index is 0.671. The van der Waals surface area contributed by atoms with Crippen molar-refractivity contribution >= 4 is 5.57 Å². The number of allylic oxidation sites excluding steroid dienone is 4. The average Bonchev–Trinajstić information content (AvgIpc) is 2.45. The van der Waals surface area contributed by atoms with Crippen molar-refractivity contribution in [2.24, 2.45) is 0 Å². The molecule has 1 heteroatoms. The van der Waals surface area contributed by atoms with E-state index < -0.39 is 0 Å². The lowest BCUT2D eigenvalue weighted by molar-refractivity contribution is 0.720. The standard InChI is InChI=1S/C18H21N/c1-4-5-6-7-15(2)8-9-16(3)18-12-10-17(14-19)11-13-18/h8-13H,2-7H2,1H3/b9-8-. The van der Waals surface area contributed by atoms with Crippen LogP contribution in [0.3, 0.4) is 0 Å². The van der Waals surface area contributed by atoms with Gasteiger partial charge in [-0.05, 0) is 36.1 Å². The second-order valence-corrected chi connectivity index (χ2v) is 4.66. The van der Waals surface area contributed by atoms with E-state index in [0.29, 0.717) is 5.56 Å². The highest BCUT2D eigenvalue weighted by molar-refractivity contribution is 5.72. The summed E-state index contributed by atoms with van der Waals surface area (Å²) in [5.74, 6) is 0. The minimum atomic E-state index is 0.671. The van der Waals surface area contributed by atoms with E-state index >= 15 is 0 Å². The first-order valence-electron chi connectivity index (χ1n) is 6.72. The van der Waals surface area contributed by atoms with Crippen molar-refractivity contribution in [2.75, 3.05) is 0 Å². The Labute approximate surface area is 116 Å². The van der Waals surface area contributed by atoms with Crippen LogP contribution in [0.2, 0.25) is 0 Å². The first kappa shape index (κ1) is 15.0. The maximum Gasteiger partial charge on any atom is 0.0991 e. The molecule has 1 nitrogen and oxygen atoms in total. The van der Waals surface area contributed by atoms with Crippen molar-refractivity contribution < 1.29 is 0 Å². The maximum atomic E-state index is 8.75. The maximum absolute atomic E-state index is 8.75. The third kappa shape index (κ3) is 5.40. The van der Waals surface area contributed by atoms with Crippen LogP contribution in [0, 0.1) is 11.3 Å². The van der Waals surface area contributed by atoms with E-state index in [1.54, 1.807) is 0 Å². The van der Waals surface area contributed by atoms with Gasteiger partial charge in [-0.25, -0.2) is 0 Å². The fraction of sp³-hybridized carbons (Fsp3) is 0.278. The average molecular weight is 251 g/mol. The van der Waals surface area contributed by atoms with Crippen LogP contribution < -0.4 is 0 Å². The third-order valence-electron chi connectivity index (χ3n) is 3.01. The summed E-state index contributed by atoms with van der Waals surface area (Å²) in [5.41, 5.74) is 3.80. The van der Waals surface area contributed by atoms with Gasteiger partial charge in [0.15, 0.2) is 0 Å². The predicted molar refractivity (Wildman–Crippen MR) is 82.6 cm³/mol. The molecule has 0 saturated carbocycles. The molecule has 0 fully saturated rings. The number of unbranched alkanes of at least 4 members (excludes halogenated alkanes) is 2. The molecule has 98 valence electrons. The normalized spacial score (nSPS) is 10.3. The molecule has 0 aromatic heterocycles. The van der Waals surface area contributed by atoms with Gasteiger partial charge >= 0.3 is 0 Å². The zero-order chi connectivity index (χ0) is 14.1. The minimum Gasteiger partial charge on any atom is -0.192 e. The summed E-state index contributed by atoms with van der Waals surface area (Å²) in [4.78, 5) is 0. The van der Waals surface area contributed by atoms with Crippen LogP contribution in [-0.4, -0.2) is 0 Å². The van der Waals surface area contributed by atoms with Crippen molar-refractivity contribution in [1.82, 2.24) is 0 Å². The fourth-order valence-corrected chi connectivity index (χ4v) is 1.76. The van der Waals surface area contributed by atoms with Crippen LogP contribution in [0.4, 0.5) is 0 Å². The molecule has 0 aliphatic carbocycles. The molecule has 0 N–H and O–H groups in total. The molecule has 0 aliphatic heterocycles. The fourth-order valence-electron chi connectivity index (χ4n) is 1.76. The topological polar surface area (TPSA) is 23.8 Å². The van der Waals surface area contributed by atoms with Crippen molar-refractivity contribution in [3.05, 3.63) is 66.3 Å². The van der Waals surface area contributed by atoms with E-state index in [2.05, 4.69) is 26.2 Å². The zero-order valence-electron chi connectivity index (χ0n) is 11.7. The highest BCUT2D eigenvalue weighted by Crippen LogP contribution is 2.16. The molecule has 1 rings (SSSR count). The van der Waals surface area contributed by atoms with Crippen molar-refractivity contribution in [1.29, 1.82) is 5.26 Å². The van der Waals surface area contributed by atoms with Gasteiger partial charge in [0.2, 0.25) is 0 Å². The van der Waals surface area contributed by atoms with Crippen LogP contribution in [-0.2, 0) is 0 Å². The SMILES string of the molecule is C=C(/C=C\C(=C)c1ccc(C#N)cc1)CCCCC. The zero-order valence-corrected chi connectivity index (χ0v) is 11.7. The highest BCUT2D eigenvalue weighted by Gasteiger charge is 1.96. The first-order valence-corrected chi connectivity index (χ1v) is 6.72. The van der Waals surface area contributed by atoms with Gasteiger partial charge in [-0.15, -0.1) is 0 Å². The summed E-state index contributed by atoms with van der Waals surface area (Å²) in [6, 6.07) is 9.57. The smallest absolute Gasteiger partial charge is 0.0991 e. The van der Waals surface area contributed by atoms with Crippen molar-refractivity contribution in [2.45, 2.75) is 32.6 Å². The Hall–Kier alpha value is -2.07. The Bertz CT molecular complexity index is 497. The molecule has 19 heavy (non-hydrogen) atoms. The van der Waals surface area contributed by atoms with E-state index in [0.717, 1.165) is 23.1 Å². The Kier molecular flexibility index (Phi) is 6.39. The molecular formula is C18H21N. The van der Waals surface area contributed by atoms with Gasteiger partial charge in [0.25, 0.3) is 0 Å². The van der Waals surface area contributed by atoms with Gasteiger partial charge < -0.3 is 0 Å². The molecule has 0 spiro atoms. The Morgan fingerprint density at radius 3 is 2.42 bits per heavy atom.